The summed E-state index contributed by atoms with van der Waals surface area (Å²) in [6.07, 6.45) is 91.5. The predicted octanol–water partition coefficient (Wildman–Crippen LogP) is 21.5. The molecule has 0 aliphatic rings. The average molecular weight is 1060 g/mol. The van der Waals surface area contributed by atoms with Crippen molar-refractivity contribution in [2.75, 3.05) is 13.2 Å². The first-order valence-electron chi connectivity index (χ1n) is 31.3. The minimum absolute atomic E-state index is 0.117. The van der Waals surface area contributed by atoms with E-state index in [1.54, 1.807) is 0 Å². The van der Waals surface area contributed by atoms with Crippen molar-refractivity contribution in [2.45, 2.75) is 271 Å². The van der Waals surface area contributed by atoms with E-state index >= 15 is 0 Å². The maximum absolute atomic E-state index is 12.9. The van der Waals surface area contributed by atoms with Crippen molar-refractivity contribution < 1.29 is 28.6 Å². The number of esters is 3. The summed E-state index contributed by atoms with van der Waals surface area (Å²) in [5, 5.41) is 0. The molecule has 0 aromatic rings. The number of hydrogen-bond donors (Lipinski definition) is 0. The van der Waals surface area contributed by atoms with Crippen molar-refractivity contribution in [1.29, 1.82) is 0 Å². The minimum atomic E-state index is -0.829. The Hall–Kier alpha value is -4.71. The molecule has 434 valence electrons. The molecular formula is C71H114O6. The fraction of sp³-hybridized carbons (Fsp3) is 0.620. The summed E-state index contributed by atoms with van der Waals surface area (Å²) in [7, 11) is 0. The normalized spacial score (nSPS) is 13.1. The van der Waals surface area contributed by atoms with Gasteiger partial charge in [0.1, 0.15) is 13.2 Å². The van der Waals surface area contributed by atoms with E-state index in [2.05, 4.69) is 161 Å². The average Bonchev–Trinajstić information content (AvgIpc) is 3.43. The molecule has 0 rings (SSSR count). The van der Waals surface area contributed by atoms with E-state index in [1.165, 1.54) is 96.3 Å². The number of unbranched alkanes of at least 4 members (excludes halogenated alkanes) is 20. The van der Waals surface area contributed by atoms with Crippen LogP contribution in [0.15, 0.2) is 146 Å². The Balaban J connectivity index is 4.42. The van der Waals surface area contributed by atoms with Gasteiger partial charge in [0.25, 0.3) is 0 Å². The quantitative estimate of drug-likeness (QED) is 0.0261. The zero-order chi connectivity index (χ0) is 55.7. The highest BCUT2D eigenvalue weighted by molar-refractivity contribution is 5.71. The molecule has 0 aromatic carbocycles. The summed E-state index contributed by atoms with van der Waals surface area (Å²) in [6, 6.07) is 0. The molecule has 0 amide bonds. The van der Waals surface area contributed by atoms with Crippen LogP contribution in [0.2, 0.25) is 0 Å². The molecule has 77 heavy (non-hydrogen) atoms. The number of carbonyl (C=O) groups is 3. The van der Waals surface area contributed by atoms with Crippen LogP contribution in [-0.4, -0.2) is 37.2 Å². The van der Waals surface area contributed by atoms with Crippen LogP contribution in [0.5, 0.6) is 0 Å². The molecule has 0 N–H and O–H groups in total. The Morgan fingerprint density at radius 2 is 0.532 bits per heavy atom. The summed E-state index contributed by atoms with van der Waals surface area (Å²) in [6.45, 7) is 6.32. The fourth-order valence-electron chi connectivity index (χ4n) is 8.20. The molecule has 0 spiro atoms. The van der Waals surface area contributed by atoms with Crippen molar-refractivity contribution in [3.63, 3.8) is 0 Å². The first-order chi connectivity index (χ1) is 38.0. The van der Waals surface area contributed by atoms with E-state index in [0.717, 1.165) is 122 Å². The number of carbonyl (C=O) groups excluding carboxylic acids is 3. The third kappa shape index (κ3) is 62.0. The molecule has 6 nitrogen and oxygen atoms in total. The molecule has 0 heterocycles. The molecule has 0 fully saturated rings. The largest absolute Gasteiger partial charge is 0.462 e. The Labute approximate surface area is 474 Å². The number of rotatable bonds is 55. The number of allylic oxidation sites excluding steroid dienone is 24. The zero-order valence-corrected chi connectivity index (χ0v) is 49.7. The Bertz CT molecular complexity index is 1700. The van der Waals surface area contributed by atoms with Gasteiger partial charge in [-0.2, -0.15) is 0 Å². The van der Waals surface area contributed by atoms with Crippen molar-refractivity contribution in [2.24, 2.45) is 0 Å². The van der Waals surface area contributed by atoms with Crippen molar-refractivity contribution in [1.82, 2.24) is 0 Å². The van der Waals surface area contributed by atoms with Gasteiger partial charge in [0.2, 0.25) is 0 Å². The molecule has 1 unspecified atom stereocenters. The second kappa shape index (κ2) is 63.8. The lowest BCUT2D eigenvalue weighted by molar-refractivity contribution is -0.166. The first-order valence-corrected chi connectivity index (χ1v) is 31.3. The van der Waals surface area contributed by atoms with E-state index in [1.807, 2.05) is 6.08 Å². The highest BCUT2D eigenvalue weighted by Crippen LogP contribution is 2.15. The number of hydrogen-bond acceptors (Lipinski definition) is 6. The highest BCUT2D eigenvalue weighted by Gasteiger charge is 2.19. The Kier molecular flexibility index (Phi) is 59.9. The third-order valence-electron chi connectivity index (χ3n) is 12.8. The fourth-order valence-corrected chi connectivity index (χ4v) is 8.20. The van der Waals surface area contributed by atoms with E-state index in [0.29, 0.717) is 19.3 Å². The van der Waals surface area contributed by atoms with E-state index in [9.17, 15) is 14.4 Å². The smallest absolute Gasteiger partial charge is 0.306 e. The first kappa shape index (κ1) is 72.3. The van der Waals surface area contributed by atoms with Crippen LogP contribution in [0.4, 0.5) is 0 Å². The van der Waals surface area contributed by atoms with Crippen LogP contribution in [0, 0.1) is 0 Å². The third-order valence-corrected chi connectivity index (χ3v) is 12.8. The molecule has 0 bridgehead atoms. The molecule has 0 aliphatic heterocycles. The summed E-state index contributed by atoms with van der Waals surface area (Å²) < 4.78 is 16.8. The second-order valence-corrected chi connectivity index (χ2v) is 20.2. The summed E-state index contributed by atoms with van der Waals surface area (Å²) >= 11 is 0. The van der Waals surface area contributed by atoms with Gasteiger partial charge in [0, 0.05) is 19.3 Å². The van der Waals surface area contributed by atoms with Gasteiger partial charge in [-0.25, -0.2) is 0 Å². The monoisotopic (exact) mass is 1060 g/mol. The Morgan fingerprint density at radius 1 is 0.273 bits per heavy atom. The SMILES string of the molecule is CC/C=C\C/C=C\C/C=C\C/C=C\C/C=C\C/C=C\CCC(=O)OC(COC(=O)CCCCCCC/C=C\CCCCCC)COC(=O)CCCCCCCCCCCCC/C=C\C/C=C\C/C=C\C/C=C\C/C=C\CC. The van der Waals surface area contributed by atoms with E-state index < -0.39 is 12.1 Å². The van der Waals surface area contributed by atoms with Crippen molar-refractivity contribution in [3.05, 3.63) is 146 Å². The molecule has 0 aromatic heterocycles. The maximum Gasteiger partial charge on any atom is 0.306 e. The van der Waals surface area contributed by atoms with Gasteiger partial charge in [-0.1, -0.05) is 263 Å². The molecule has 6 heteroatoms. The van der Waals surface area contributed by atoms with Crippen molar-refractivity contribution >= 4 is 17.9 Å². The van der Waals surface area contributed by atoms with Gasteiger partial charge in [-0.15, -0.1) is 0 Å². The predicted molar refractivity (Wildman–Crippen MR) is 334 cm³/mol. The van der Waals surface area contributed by atoms with Crippen LogP contribution < -0.4 is 0 Å². The van der Waals surface area contributed by atoms with Crippen LogP contribution in [-0.2, 0) is 28.6 Å². The second-order valence-electron chi connectivity index (χ2n) is 20.2. The highest BCUT2D eigenvalue weighted by atomic mass is 16.6. The van der Waals surface area contributed by atoms with E-state index in [-0.39, 0.29) is 31.6 Å². The summed E-state index contributed by atoms with van der Waals surface area (Å²) in [5.41, 5.74) is 0. The minimum Gasteiger partial charge on any atom is -0.462 e. The van der Waals surface area contributed by atoms with Gasteiger partial charge in [0.15, 0.2) is 6.10 Å². The lowest BCUT2D eigenvalue weighted by atomic mass is 10.0. The molecule has 0 saturated carbocycles. The standard InChI is InChI=1S/C71H114O6/c1-4-7-10-13-16-19-22-25-27-29-31-32-33-34-35-36-37-38-40-41-43-46-49-52-55-58-61-64-70(73)76-67-68(66-75-69(72)63-60-57-54-51-48-45-24-21-18-15-12-9-6-3)77-71(74)65-62-59-56-53-50-47-44-42-39-30-28-26-23-20-17-14-11-8-5-2/h7-8,10-11,16-17,19-21,24-28,31-32,34-35,39,42,47,50,56,59,68H,4-6,9,12-15,18,22-23,29-30,33,36-38,40-41,43-46,48-49,51-55,57-58,60-67H2,1-3H3/b10-7-,11-8-,19-16-,20-17-,24-21-,27-25-,28-26-,32-31-,35-34-,42-39-,50-47-,59-56-. The molecule has 0 radical (unpaired) electrons. The molecule has 0 saturated heterocycles. The van der Waals surface area contributed by atoms with Gasteiger partial charge < -0.3 is 14.2 Å². The Morgan fingerprint density at radius 3 is 0.857 bits per heavy atom. The lowest BCUT2D eigenvalue weighted by Crippen LogP contribution is -2.30. The van der Waals surface area contributed by atoms with Crippen LogP contribution in [0.25, 0.3) is 0 Å². The zero-order valence-electron chi connectivity index (χ0n) is 49.7. The van der Waals surface area contributed by atoms with Gasteiger partial charge in [-0.3, -0.25) is 14.4 Å². The molecule has 0 aliphatic carbocycles. The summed E-state index contributed by atoms with van der Waals surface area (Å²) in [4.78, 5) is 38.2. The van der Waals surface area contributed by atoms with Crippen LogP contribution in [0.3, 0.4) is 0 Å². The van der Waals surface area contributed by atoms with Gasteiger partial charge in [-0.05, 0) is 128 Å². The van der Waals surface area contributed by atoms with Gasteiger partial charge in [0.05, 0.1) is 0 Å². The van der Waals surface area contributed by atoms with Gasteiger partial charge >= 0.3 is 17.9 Å². The summed E-state index contributed by atoms with van der Waals surface area (Å²) in [5.74, 6) is -1.02. The van der Waals surface area contributed by atoms with Crippen molar-refractivity contribution in [3.8, 4) is 0 Å². The molecule has 1 atom stereocenters. The number of ether oxygens (including phenoxy) is 3. The lowest BCUT2D eigenvalue weighted by Gasteiger charge is -2.18. The van der Waals surface area contributed by atoms with E-state index in [4.69, 9.17) is 14.2 Å². The topological polar surface area (TPSA) is 78.9 Å². The van der Waals surface area contributed by atoms with Crippen LogP contribution in [0.1, 0.15) is 265 Å². The molecular weight excluding hydrogens is 949 g/mol. The van der Waals surface area contributed by atoms with Crippen LogP contribution >= 0.6 is 0 Å². The maximum atomic E-state index is 12.9.